The van der Waals surface area contributed by atoms with E-state index in [-0.39, 0.29) is 0 Å². The largest absolute Gasteiger partial charge is 0.379 e. The highest BCUT2D eigenvalue weighted by Crippen LogP contribution is 2.18. The van der Waals surface area contributed by atoms with E-state index in [0.29, 0.717) is 6.10 Å². The molecule has 0 aromatic rings. The highest BCUT2D eigenvalue weighted by atomic mass is 16.5. The maximum absolute atomic E-state index is 5.64. The Bertz CT molecular complexity index is 142. The molecule has 2 rings (SSSR count). The van der Waals surface area contributed by atoms with Crippen LogP contribution in [0.1, 0.15) is 25.7 Å². The Morgan fingerprint density at radius 3 is 2.92 bits per heavy atom. The van der Waals surface area contributed by atoms with Crippen LogP contribution in [0, 0.1) is 0 Å². The second kappa shape index (κ2) is 4.94. The summed E-state index contributed by atoms with van der Waals surface area (Å²) < 4.78 is 10.9. The van der Waals surface area contributed by atoms with Gasteiger partial charge in [0, 0.05) is 19.3 Å². The van der Waals surface area contributed by atoms with Gasteiger partial charge in [-0.2, -0.15) is 0 Å². The molecule has 1 atom stereocenters. The molecule has 1 N–H and O–H groups in total. The second-order valence-corrected chi connectivity index (χ2v) is 3.94. The van der Waals surface area contributed by atoms with Crippen LogP contribution in [-0.2, 0) is 9.47 Å². The summed E-state index contributed by atoms with van der Waals surface area (Å²) in [5.41, 5.74) is 0. The third kappa shape index (κ3) is 3.63. The molecule has 0 spiro atoms. The molecule has 1 aliphatic carbocycles. The van der Waals surface area contributed by atoms with Crippen molar-refractivity contribution in [3.63, 3.8) is 0 Å². The van der Waals surface area contributed by atoms with Crippen molar-refractivity contribution in [1.29, 1.82) is 0 Å². The van der Waals surface area contributed by atoms with Gasteiger partial charge in [-0.05, 0) is 32.2 Å². The van der Waals surface area contributed by atoms with Gasteiger partial charge in [0.15, 0.2) is 0 Å². The van der Waals surface area contributed by atoms with E-state index in [1.165, 1.54) is 12.8 Å². The fourth-order valence-electron chi connectivity index (χ4n) is 1.56. The van der Waals surface area contributed by atoms with Crippen LogP contribution in [0.4, 0.5) is 0 Å². The molecule has 2 aliphatic rings. The predicted molar refractivity (Wildman–Crippen MR) is 50.8 cm³/mol. The minimum atomic E-state index is 0.376. The lowest BCUT2D eigenvalue weighted by atomic mass is 10.3. The van der Waals surface area contributed by atoms with E-state index in [0.717, 1.165) is 45.2 Å². The van der Waals surface area contributed by atoms with Crippen molar-refractivity contribution < 1.29 is 9.47 Å². The molecule has 0 aromatic heterocycles. The van der Waals surface area contributed by atoms with Crippen LogP contribution in [0.15, 0.2) is 0 Å². The van der Waals surface area contributed by atoms with Gasteiger partial charge in [0.1, 0.15) is 0 Å². The summed E-state index contributed by atoms with van der Waals surface area (Å²) in [6, 6.07) is 0.829. The Kier molecular flexibility index (Phi) is 3.58. The standard InChI is InChI=1S/C10H19NO2/c1(5-11-9-2-3-9)6-13-10-4-7-12-8-10/h9-11H,1-8H2. The number of nitrogens with one attached hydrogen (secondary N) is 1. The van der Waals surface area contributed by atoms with Crippen molar-refractivity contribution in [3.8, 4) is 0 Å². The number of ether oxygens (including phenoxy) is 2. The van der Waals surface area contributed by atoms with Crippen LogP contribution < -0.4 is 5.32 Å². The van der Waals surface area contributed by atoms with Crippen molar-refractivity contribution in [2.45, 2.75) is 37.8 Å². The van der Waals surface area contributed by atoms with Gasteiger partial charge in [0.2, 0.25) is 0 Å². The van der Waals surface area contributed by atoms with Gasteiger partial charge in [-0.25, -0.2) is 0 Å². The van der Waals surface area contributed by atoms with Crippen LogP contribution in [0.2, 0.25) is 0 Å². The molecule has 1 saturated heterocycles. The average Bonchev–Trinajstić information content (AvgIpc) is 2.81. The maximum atomic E-state index is 5.64. The van der Waals surface area contributed by atoms with E-state index in [4.69, 9.17) is 9.47 Å². The summed E-state index contributed by atoms with van der Waals surface area (Å²) in [4.78, 5) is 0. The molecule has 76 valence electrons. The smallest absolute Gasteiger partial charge is 0.0830 e. The summed E-state index contributed by atoms with van der Waals surface area (Å²) >= 11 is 0. The molecule has 13 heavy (non-hydrogen) atoms. The Balaban J connectivity index is 1.39. The van der Waals surface area contributed by atoms with Gasteiger partial charge in [-0.1, -0.05) is 0 Å². The van der Waals surface area contributed by atoms with Crippen molar-refractivity contribution in [2.75, 3.05) is 26.4 Å². The molecule has 1 unspecified atom stereocenters. The van der Waals surface area contributed by atoms with Crippen LogP contribution in [0.25, 0.3) is 0 Å². The lowest BCUT2D eigenvalue weighted by Crippen LogP contribution is -2.20. The lowest BCUT2D eigenvalue weighted by Gasteiger charge is -2.09. The molecule has 3 heteroatoms. The first kappa shape index (κ1) is 9.44. The van der Waals surface area contributed by atoms with E-state index in [2.05, 4.69) is 5.32 Å². The zero-order chi connectivity index (χ0) is 8.93. The van der Waals surface area contributed by atoms with E-state index in [1.807, 2.05) is 0 Å². The summed E-state index contributed by atoms with van der Waals surface area (Å²) in [6.07, 6.45) is 5.33. The number of rotatable bonds is 6. The lowest BCUT2D eigenvalue weighted by molar-refractivity contribution is 0.0416. The quantitative estimate of drug-likeness (QED) is 0.625. The highest BCUT2D eigenvalue weighted by Gasteiger charge is 2.19. The third-order valence-electron chi connectivity index (χ3n) is 2.57. The third-order valence-corrected chi connectivity index (χ3v) is 2.57. The van der Waals surface area contributed by atoms with Gasteiger partial charge in [0.05, 0.1) is 12.7 Å². The Morgan fingerprint density at radius 2 is 2.23 bits per heavy atom. The fourth-order valence-corrected chi connectivity index (χ4v) is 1.56. The monoisotopic (exact) mass is 185 g/mol. The van der Waals surface area contributed by atoms with Crippen molar-refractivity contribution in [1.82, 2.24) is 5.32 Å². The van der Waals surface area contributed by atoms with Gasteiger partial charge < -0.3 is 14.8 Å². The fraction of sp³-hybridized carbons (Fsp3) is 1.00. The van der Waals surface area contributed by atoms with Crippen molar-refractivity contribution in [2.24, 2.45) is 0 Å². The predicted octanol–water partition coefficient (Wildman–Crippen LogP) is 0.934. The van der Waals surface area contributed by atoms with Gasteiger partial charge in [-0.3, -0.25) is 0 Å². The first-order valence-electron chi connectivity index (χ1n) is 5.38. The van der Waals surface area contributed by atoms with Crippen LogP contribution in [0.5, 0.6) is 0 Å². The first-order chi connectivity index (χ1) is 6.45. The molecule has 1 heterocycles. The summed E-state index contributed by atoms with van der Waals surface area (Å²) in [7, 11) is 0. The normalized spacial score (nSPS) is 28.2. The molecule has 0 aromatic carbocycles. The highest BCUT2D eigenvalue weighted by molar-refractivity contribution is 4.80. The number of hydrogen-bond acceptors (Lipinski definition) is 3. The molecule has 1 saturated carbocycles. The van der Waals surface area contributed by atoms with E-state index in [1.54, 1.807) is 0 Å². The average molecular weight is 185 g/mol. The van der Waals surface area contributed by atoms with Gasteiger partial charge in [-0.15, -0.1) is 0 Å². The van der Waals surface area contributed by atoms with Crippen LogP contribution in [-0.4, -0.2) is 38.5 Å². The van der Waals surface area contributed by atoms with Gasteiger partial charge in [0.25, 0.3) is 0 Å². The topological polar surface area (TPSA) is 30.5 Å². The minimum absolute atomic E-state index is 0.376. The van der Waals surface area contributed by atoms with E-state index < -0.39 is 0 Å². The zero-order valence-corrected chi connectivity index (χ0v) is 8.13. The molecule has 3 nitrogen and oxygen atoms in total. The second-order valence-electron chi connectivity index (χ2n) is 3.94. The molecule has 0 bridgehead atoms. The maximum Gasteiger partial charge on any atom is 0.0830 e. The summed E-state index contributed by atoms with van der Waals surface area (Å²) in [5.74, 6) is 0. The molecular formula is C10H19NO2. The zero-order valence-electron chi connectivity index (χ0n) is 8.13. The van der Waals surface area contributed by atoms with Crippen LogP contribution in [0.3, 0.4) is 0 Å². The van der Waals surface area contributed by atoms with Gasteiger partial charge >= 0.3 is 0 Å². The first-order valence-corrected chi connectivity index (χ1v) is 5.38. The Labute approximate surface area is 79.8 Å². The van der Waals surface area contributed by atoms with E-state index >= 15 is 0 Å². The molecule has 2 fully saturated rings. The summed E-state index contributed by atoms with van der Waals surface area (Å²) in [6.45, 7) is 3.67. The van der Waals surface area contributed by atoms with Crippen LogP contribution >= 0.6 is 0 Å². The Hall–Kier alpha value is -0.120. The number of hydrogen-bond donors (Lipinski definition) is 1. The minimum Gasteiger partial charge on any atom is -0.379 e. The van der Waals surface area contributed by atoms with Crippen molar-refractivity contribution in [3.05, 3.63) is 0 Å². The molecule has 0 amide bonds. The molecular weight excluding hydrogens is 166 g/mol. The molecule has 1 aliphatic heterocycles. The Morgan fingerprint density at radius 1 is 1.31 bits per heavy atom. The summed E-state index contributed by atoms with van der Waals surface area (Å²) in [5, 5.41) is 3.47. The van der Waals surface area contributed by atoms with Crippen molar-refractivity contribution >= 4 is 0 Å². The van der Waals surface area contributed by atoms with E-state index in [9.17, 15) is 0 Å². The SMILES string of the molecule is C(CNC1CC1)COC1CCOC1. The molecule has 0 radical (unpaired) electrons.